The number of fused-ring (bicyclic) bond motifs is 2. The molecular weight excluding hydrogens is 384 g/mol. The number of hydrogen-bond donors (Lipinski definition) is 2. The minimum atomic E-state index is 0.189. The average Bonchev–Trinajstić information content (AvgIpc) is 3.19. The summed E-state index contributed by atoms with van der Waals surface area (Å²) in [7, 11) is 1.95. The predicted octanol–water partition coefficient (Wildman–Crippen LogP) is 2.02. The highest BCUT2D eigenvalue weighted by Crippen LogP contribution is 2.58. The molecule has 0 aromatic carbocycles. The van der Waals surface area contributed by atoms with Crippen LogP contribution in [0.15, 0.2) is 36.8 Å². The summed E-state index contributed by atoms with van der Waals surface area (Å²) in [5.74, 6) is 8.93. The molecule has 1 aliphatic carbocycles. The van der Waals surface area contributed by atoms with Gasteiger partial charge >= 0.3 is 0 Å². The molecule has 2 saturated heterocycles. The highest BCUT2D eigenvalue weighted by molar-refractivity contribution is 5.34. The lowest BCUT2D eigenvalue weighted by atomic mass is 9.64. The van der Waals surface area contributed by atoms with Gasteiger partial charge in [0.2, 0.25) is 0 Å². The number of nitrogens with zero attached hydrogens (tertiary/aromatic N) is 4. The number of nitrogen functional groups attached to an aromatic ring is 1. The van der Waals surface area contributed by atoms with Crippen LogP contribution < -0.4 is 21.9 Å². The monoisotopic (exact) mass is 422 g/mol. The molecule has 3 aliphatic rings. The maximum absolute atomic E-state index is 6.37. The zero-order valence-electron chi connectivity index (χ0n) is 19.2. The first kappa shape index (κ1) is 21.6. The number of nitrogens with one attached hydrogen (secondary N) is 1. The number of rotatable bonds is 5. The van der Waals surface area contributed by atoms with Crippen molar-refractivity contribution in [1.29, 1.82) is 0 Å². The van der Waals surface area contributed by atoms with Crippen molar-refractivity contribution >= 4 is 12.7 Å². The Labute approximate surface area is 186 Å². The van der Waals surface area contributed by atoms with Gasteiger partial charge in [0.1, 0.15) is 5.82 Å². The third-order valence-electron chi connectivity index (χ3n) is 7.96. The molecule has 168 valence electrons. The molecule has 1 spiro atoms. The van der Waals surface area contributed by atoms with E-state index in [2.05, 4.69) is 34.9 Å². The smallest absolute Gasteiger partial charge is 0.147 e. The van der Waals surface area contributed by atoms with Crippen LogP contribution in [0.25, 0.3) is 12.7 Å². The lowest BCUT2D eigenvalue weighted by Crippen LogP contribution is -2.45. The molecule has 6 heteroatoms. The van der Waals surface area contributed by atoms with Gasteiger partial charge in [0.15, 0.2) is 0 Å². The van der Waals surface area contributed by atoms with Crippen molar-refractivity contribution < 1.29 is 0 Å². The Hall–Kier alpha value is -2.63. The van der Waals surface area contributed by atoms with Gasteiger partial charge in [-0.05, 0) is 44.6 Å². The number of piperidine rings is 1. The van der Waals surface area contributed by atoms with E-state index in [1.807, 2.05) is 32.2 Å². The fraction of sp³-hybridized carbons (Fsp3) is 0.560. The number of hydrogen-bond acceptors (Lipinski definition) is 5. The van der Waals surface area contributed by atoms with Crippen LogP contribution in [0.4, 0.5) is 0 Å². The quantitative estimate of drug-likeness (QED) is 0.711. The Bertz CT molecular complexity index is 978. The normalized spacial score (nSPS) is 26.1. The third-order valence-corrected chi connectivity index (χ3v) is 7.96. The molecule has 3 N–H and O–H groups in total. The molecule has 2 aliphatic heterocycles. The van der Waals surface area contributed by atoms with Crippen molar-refractivity contribution in [2.24, 2.45) is 11.3 Å². The van der Waals surface area contributed by atoms with Gasteiger partial charge < -0.3 is 21.0 Å². The molecule has 1 saturated carbocycles. The molecule has 2 atom stereocenters. The van der Waals surface area contributed by atoms with Gasteiger partial charge in [0.05, 0.1) is 23.1 Å². The van der Waals surface area contributed by atoms with Crippen LogP contribution in [0.5, 0.6) is 0 Å². The Morgan fingerprint density at radius 3 is 2.65 bits per heavy atom. The van der Waals surface area contributed by atoms with E-state index in [1.54, 1.807) is 4.68 Å². The SMILES string of the molecule is C=C(NC)N1CCC2(CC1)C(=C)N(Cc1n/c(=C/C=C\C)c(=C)n1N)C1CCCCC12. The first-order chi connectivity index (χ1) is 14.9. The van der Waals surface area contributed by atoms with Crippen molar-refractivity contribution in [2.45, 2.75) is 58.0 Å². The van der Waals surface area contributed by atoms with E-state index >= 15 is 0 Å². The Morgan fingerprint density at radius 2 is 1.97 bits per heavy atom. The molecule has 0 radical (unpaired) electrons. The summed E-state index contributed by atoms with van der Waals surface area (Å²) in [6, 6.07) is 0.535. The van der Waals surface area contributed by atoms with E-state index in [1.165, 1.54) is 31.4 Å². The average molecular weight is 423 g/mol. The summed E-state index contributed by atoms with van der Waals surface area (Å²) in [5.41, 5.74) is 1.49. The van der Waals surface area contributed by atoms with Crippen LogP contribution >= 0.6 is 0 Å². The van der Waals surface area contributed by atoms with Gasteiger partial charge in [-0.3, -0.25) is 0 Å². The van der Waals surface area contributed by atoms with Gasteiger partial charge in [0, 0.05) is 37.3 Å². The number of nitrogens with two attached hydrogens (primary N) is 1. The van der Waals surface area contributed by atoms with Crippen LogP contribution in [0.1, 0.15) is 51.3 Å². The van der Waals surface area contributed by atoms with Crippen LogP contribution in [0.2, 0.25) is 0 Å². The van der Waals surface area contributed by atoms with E-state index in [-0.39, 0.29) is 5.41 Å². The Morgan fingerprint density at radius 1 is 1.26 bits per heavy atom. The van der Waals surface area contributed by atoms with Crippen molar-refractivity contribution in [3.05, 3.63) is 53.4 Å². The lowest BCUT2D eigenvalue weighted by Gasteiger charge is -2.45. The summed E-state index contributed by atoms with van der Waals surface area (Å²) in [6.45, 7) is 17.8. The van der Waals surface area contributed by atoms with E-state index in [4.69, 9.17) is 10.8 Å². The Kier molecular flexibility index (Phi) is 5.91. The first-order valence-corrected chi connectivity index (χ1v) is 11.6. The predicted molar refractivity (Wildman–Crippen MR) is 128 cm³/mol. The van der Waals surface area contributed by atoms with Crippen molar-refractivity contribution in [2.75, 3.05) is 26.0 Å². The maximum Gasteiger partial charge on any atom is 0.147 e. The van der Waals surface area contributed by atoms with Gasteiger partial charge in [-0.15, -0.1) is 0 Å². The first-order valence-electron chi connectivity index (χ1n) is 11.6. The largest absolute Gasteiger partial charge is 0.375 e. The second-order valence-corrected chi connectivity index (χ2v) is 9.30. The van der Waals surface area contributed by atoms with E-state index < -0.39 is 0 Å². The third kappa shape index (κ3) is 3.56. The zero-order valence-corrected chi connectivity index (χ0v) is 19.2. The molecule has 1 aromatic heterocycles. The van der Waals surface area contributed by atoms with Gasteiger partial charge in [0.25, 0.3) is 0 Å². The summed E-state index contributed by atoms with van der Waals surface area (Å²) in [6.07, 6.45) is 13.4. The molecular formula is C25H38N6. The molecule has 3 fully saturated rings. The number of aromatic nitrogens is 2. The summed E-state index contributed by atoms with van der Waals surface area (Å²) >= 11 is 0. The molecule has 1 aromatic rings. The Balaban J connectivity index is 1.62. The van der Waals surface area contributed by atoms with E-state index in [0.717, 1.165) is 48.3 Å². The second kappa shape index (κ2) is 8.48. The fourth-order valence-electron chi connectivity index (χ4n) is 6.16. The summed E-state index contributed by atoms with van der Waals surface area (Å²) in [4.78, 5) is 9.74. The lowest BCUT2D eigenvalue weighted by molar-refractivity contribution is 0.0860. The number of allylic oxidation sites excluding steroid dienone is 3. The molecule has 2 unspecified atom stereocenters. The highest BCUT2D eigenvalue weighted by atomic mass is 15.4. The van der Waals surface area contributed by atoms with Crippen molar-refractivity contribution in [3.63, 3.8) is 0 Å². The number of imidazole rings is 1. The second-order valence-electron chi connectivity index (χ2n) is 9.30. The van der Waals surface area contributed by atoms with Gasteiger partial charge in [-0.1, -0.05) is 44.7 Å². The standard InChI is InChI=1S/C25H38N6/c1-6-7-11-22-18(2)31(26)24(28-22)17-30-19(3)25(21-10-8-9-12-23(21)30)13-15-29(16-14-25)20(4)27-5/h6-7,11,21,23,27H,2-4,8-10,12-17,26H2,1,5H3/b7-6-,22-11+. The van der Waals surface area contributed by atoms with E-state index in [0.29, 0.717) is 18.5 Å². The van der Waals surface area contributed by atoms with Crippen molar-refractivity contribution in [1.82, 2.24) is 24.8 Å². The van der Waals surface area contributed by atoms with Crippen LogP contribution in [-0.4, -0.2) is 45.6 Å². The maximum atomic E-state index is 6.37. The van der Waals surface area contributed by atoms with Crippen LogP contribution in [0.3, 0.4) is 0 Å². The molecule has 4 rings (SSSR count). The highest BCUT2D eigenvalue weighted by Gasteiger charge is 2.56. The van der Waals surface area contributed by atoms with Crippen LogP contribution in [0, 0.1) is 11.3 Å². The van der Waals surface area contributed by atoms with Crippen molar-refractivity contribution in [3.8, 4) is 0 Å². The fourth-order valence-corrected chi connectivity index (χ4v) is 6.16. The summed E-state index contributed by atoms with van der Waals surface area (Å²) in [5, 5.41) is 4.81. The minimum Gasteiger partial charge on any atom is -0.375 e. The van der Waals surface area contributed by atoms with Gasteiger partial charge in [-0.2, -0.15) is 0 Å². The number of likely N-dealkylation sites (tertiary alicyclic amines) is 2. The zero-order chi connectivity index (χ0) is 22.2. The minimum absolute atomic E-state index is 0.189. The molecule has 6 nitrogen and oxygen atoms in total. The molecule has 31 heavy (non-hydrogen) atoms. The molecule has 3 heterocycles. The summed E-state index contributed by atoms with van der Waals surface area (Å²) < 4.78 is 1.66. The topological polar surface area (TPSA) is 62.3 Å². The van der Waals surface area contributed by atoms with E-state index in [9.17, 15) is 0 Å². The van der Waals surface area contributed by atoms with Crippen LogP contribution in [-0.2, 0) is 6.54 Å². The molecule has 0 amide bonds. The van der Waals surface area contributed by atoms with Gasteiger partial charge in [-0.25, -0.2) is 9.66 Å². The molecule has 0 bridgehead atoms.